The Bertz CT molecular complexity index is 2010. The lowest BCUT2D eigenvalue weighted by atomic mass is 9.97. The number of amides is 2. The maximum atomic E-state index is 13.9. The lowest BCUT2D eigenvalue weighted by molar-refractivity contribution is -0.140. The number of Topliss-reactive ketones (excluding diaryl/α,β-unsaturated/α-hetero) is 4. The van der Waals surface area contributed by atoms with E-state index in [4.69, 9.17) is 18.9 Å². The van der Waals surface area contributed by atoms with Gasteiger partial charge in [-0.3, -0.25) is 28.8 Å². The number of methoxy groups -OCH3 is 4. The van der Waals surface area contributed by atoms with Crippen LogP contribution in [0.2, 0.25) is 0 Å². The van der Waals surface area contributed by atoms with Crippen molar-refractivity contribution < 1.29 is 47.7 Å². The maximum Gasteiger partial charge on any atom is 0.299 e. The first-order valence-electron chi connectivity index (χ1n) is 16.0. The summed E-state index contributed by atoms with van der Waals surface area (Å²) in [6, 6.07) is 25.1. The predicted molar refractivity (Wildman–Crippen MR) is 188 cm³/mol. The molecule has 12 heteroatoms. The van der Waals surface area contributed by atoms with E-state index in [0.29, 0.717) is 34.1 Å². The van der Waals surface area contributed by atoms with Gasteiger partial charge in [-0.2, -0.15) is 0 Å². The van der Waals surface area contributed by atoms with E-state index < -0.39 is 34.9 Å². The van der Waals surface area contributed by atoms with Crippen molar-refractivity contribution in [3.05, 3.63) is 130 Å². The van der Waals surface area contributed by atoms with Crippen LogP contribution in [0.5, 0.6) is 23.0 Å². The molecule has 262 valence electrons. The van der Waals surface area contributed by atoms with Crippen LogP contribution in [0, 0.1) is 0 Å². The Morgan fingerprint density at radius 3 is 0.981 bits per heavy atom. The van der Waals surface area contributed by atoms with Crippen molar-refractivity contribution in [1.82, 2.24) is 9.80 Å². The predicted octanol–water partition coefficient (Wildman–Crippen LogP) is 4.43. The number of hydrogen-bond acceptors (Lipinski definition) is 10. The lowest BCUT2D eigenvalue weighted by Crippen LogP contribution is -2.38. The van der Waals surface area contributed by atoms with Gasteiger partial charge in [0, 0.05) is 24.2 Å². The van der Waals surface area contributed by atoms with Crippen LogP contribution in [-0.2, 0) is 19.2 Å². The highest BCUT2D eigenvalue weighted by molar-refractivity contribution is 6.57. The number of carbonyl (C=O) groups excluding carboxylic acids is 6. The average molecular weight is 701 g/mol. The zero-order chi connectivity index (χ0) is 37.1. The molecule has 0 radical (unpaired) electrons. The summed E-state index contributed by atoms with van der Waals surface area (Å²) in [4.78, 5) is 84.7. The summed E-state index contributed by atoms with van der Waals surface area (Å²) in [6.07, 6.45) is 0. The molecule has 0 saturated carbocycles. The van der Waals surface area contributed by atoms with E-state index in [1.54, 1.807) is 72.8 Å². The van der Waals surface area contributed by atoms with E-state index >= 15 is 0 Å². The van der Waals surface area contributed by atoms with Crippen molar-refractivity contribution >= 4 is 46.3 Å². The van der Waals surface area contributed by atoms with E-state index in [0.717, 1.165) is 9.80 Å². The summed E-state index contributed by atoms with van der Waals surface area (Å²) < 4.78 is 20.9. The number of carbonyl (C=O) groups is 6. The molecule has 2 heterocycles. The number of ketones is 4. The third kappa shape index (κ3) is 6.33. The van der Waals surface area contributed by atoms with Crippen molar-refractivity contribution in [1.29, 1.82) is 0 Å². The summed E-state index contributed by atoms with van der Waals surface area (Å²) in [5.41, 5.74) is 0.370. The summed E-state index contributed by atoms with van der Waals surface area (Å²) >= 11 is 0. The Labute approximate surface area is 298 Å². The third-order valence-corrected chi connectivity index (χ3v) is 8.78. The van der Waals surface area contributed by atoms with Gasteiger partial charge in [0.25, 0.3) is 23.4 Å². The van der Waals surface area contributed by atoms with Crippen LogP contribution in [0.3, 0.4) is 0 Å². The van der Waals surface area contributed by atoms with Crippen molar-refractivity contribution in [3.8, 4) is 23.0 Å². The van der Waals surface area contributed by atoms with E-state index in [-0.39, 0.29) is 46.8 Å². The van der Waals surface area contributed by atoms with Gasteiger partial charge in [-0.1, -0.05) is 0 Å². The van der Waals surface area contributed by atoms with Crippen LogP contribution < -0.4 is 18.9 Å². The molecule has 2 aliphatic heterocycles. The summed E-state index contributed by atoms with van der Waals surface area (Å²) in [7, 11) is 5.92. The first kappa shape index (κ1) is 35.0. The smallest absolute Gasteiger partial charge is 0.299 e. The number of nitrogens with zero attached hydrogens (tertiary/aromatic N) is 2. The molecule has 0 saturated heterocycles. The average Bonchev–Trinajstić information content (AvgIpc) is 3.59. The quantitative estimate of drug-likeness (QED) is 0.112. The molecule has 0 atom stereocenters. The van der Waals surface area contributed by atoms with Crippen molar-refractivity contribution in [2.24, 2.45) is 0 Å². The fraction of sp³-hybridized carbons (Fsp3) is 0.150. The minimum absolute atomic E-state index is 0.0287. The molecule has 2 amide bonds. The van der Waals surface area contributed by atoms with Crippen molar-refractivity contribution in [2.75, 3.05) is 41.5 Å². The molecule has 4 aromatic rings. The lowest BCUT2D eigenvalue weighted by Gasteiger charge is -2.26. The minimum Gasteiger partial charge on any atom is -0.497 e. The Hall–Kier alpha value is -6.82. The standard InChI is InChI=1S/C40H32N2O10/c1-49-27-13-5-23(6-14-27)33-31(35(43)25-9-17-29(51-3)18-10-25)37(45)39(47)41(33)21-22-42-34(24-7-15-28(50-2)16-8-24)32(38(46)40(42)48)36(44)26-11-19-30(52-4)20-12-26/h5-20H,21-22H2,1-4H3. The molecule has 0 N–H and O–H groups in total. The second-order valence-electron chi connectivity index (χ2n) is 11.6. The molecule has 0 fully saturated rings. The highest BCUT2D eigenvalue weighted by Crippen LogP contribution is 2.37. The van der Waals surface area contributed by atoms with Gasteiger partial charge in [0.1, 0.15) is 34.1 Å². The maximum absolute atomic E-state index is 13.9. The van der Waals surface area contributed by atoms with Gasteiger partial charge in [0.05, 0.1) is 39.8 Å². The highest BCUT2D eigenvalue weighted by Gasteiger charge is 2.46. The molecule has 0 spiro atoms. The molecule has 2 aliphatic rings. The second kappa shape index (κ2) is 14.6. The summed E-state index contributed by atoms with van der Waals surface area (Å²) in [6.45, 7) is -0.623. The zero-order valence-electron chi connectivity index (χ0n) is 28.6. The number of ether oxygens (including phenoxy) is 4. The molecule has 0 aliphatic carbocycles. The van der Waals surface area contributed by atoms with Crippen LogP contribution >= 0.6 is 0 Å². The SMILES string of the molecule is COc1ccc(C(=O)C2=C(c3ccc(OC)cc3)N(CCN3C(=O)C(=O)C(C(=O)c4ccc(OC)cc4)=C3c3ccc(OC)cc3)C(=O)C2=O)cc1. The van der Waals surface area contributed by atoms with Crippen LogP contribution in [0.1, 0.15) is 31.8 Å². The van der Waals surface area contributed by atoms with E-state index in [9.17, 15) is 28.8 Å². The first-order chi connectivity index (χ1) is 25.1. The van der Waals surface area contributed by atoms with Gasteiger partial charge < -0.3 is 28.7 Å². The number of rotatable bonds is 13. The van der Waals surface area contributed by atoms with Crippen LogP contribution in [0.4, 0.5) is 0 Å². The fourth-order valence-corrected chi connectivity index (χ4v) is 6.07. The Morgan fingerprint density at radius 2 is 0.712 bits per heavy atom. The third-order valence-electron chi connectivity index (χ3n) is 8.78. The highest BCUT2D eigenvalue weighted by atomic mass is 16.5. The molecule has 0 aromatic heterocycles. The first-order valence-corrected chi connectivity index (χ1v) is 16.0. The van der Waals surface area contributed by atoms with Crippen LogP contribution in [-0.4, -0.2) is 86.3 Å². The van der Waals surface area contributed by atoms with Crippen molar-refractivity contribution in [2.45, 2.75) is 0 Å². The summed E-state index contributed by atoms with van der Waals surface area (Å²) in [5.74, 6) is -3.44. The van der Waals surface area contributed by atoms with E-state index in [1.807, 2.05) is 0 Å². The zero-order valence-corrected chi connectivity index (χ0v) is 28.6. The monoisotopic (exact) mass is 700 g/mol. The number of benzene rings is 4. The van der Waals surface area contributed by atoms with Crippen LogP contribution in [0.25, 0.3) is 11.4 Å². The number of hydrogen-bond donors (Lipinski definition) is 0. The normalized spacial score (nSPS) is 14.4. The fourth-order valence-electron chi connectivity index (χ4n) is 6.07. The minimum atomic E-state index is -1.03. The van der Waals surface area contributed by atoms with E-state index in [1.165, 1.54) is 52.7 Å². The Kier molecular flexibility index (Phi) is 9.82. The molecule has 6 rings (SSSR count). The van der Waals surface area contributed by atoms with Gasteiger partial charge >= 0.3 is 0 Å². The molecular formula is C40H32N2O10. The van der Waals surface area contributed by atoms with E-state index in [2.05, 4.69) is 0 Å². The van der Waals surface area contributed by atoms with Gasteiger partial charge in [0.15, 0.2) is 11.6 Å². The van der Waals surface area contributed by atoms with Gasteiger partial charge in [0.2, 0.25) is 0 Å². The topological polar surface area (TPSA) is 146 Å². The summed E-state index contributed by atoms with van der Waals surface area (Å²) in [5, 5.41) is 0. The molecule has 12 nitrogen and oxygen atoms in total. The molecular weight excluding hydrogens is 668 g/mol. The van der Waals surface area contributed by atoms with Gasteiger partial charge in [-0.05, 0) is 108 Å². The molecule has 0 unspecified atom stereocenters. The Morgan fingerprint density at radius 1 is 0.442 bits per heavy atom. The second-order valence-corrected chi connectivity index (χ2v) is 11.6. The molecule has 4 aromatic carbocycles. The van der Waals surface area contributed by atoms with Crippen LogP contribution in [0.15, 0.2) is 108 Å². The largest absolute Gasteiger partial charge is 0.497 e. The van der Waals surface area contributed by atoms with Gasteiger partial charge in [-0.25, -0.2) is 0 Å². The molecule has 52 heavy (non-hydrogen) atoms. The van der Waals surface area contributed by atoms with Crippen molar-refractivity contribution in [3.63, 3.8) is 0 Å². The molecule has 0 bridgehead atoms. The van der Waals surface area contributed by atoms with Gasteiger partial charge in [-0.15, -0.1) is 0 Å². The Balaban J connectivity index is 1.43.